The van der Waals surface area contributed by atoms with Crippen molar-refractivity contribution in [2.45, 2.75) is 87.6 Å². The Morgan fingerprint density at radius 3 is 1.63 bits per heavy atom. The molecule has 0 radical (unpaired) electrons. The Morgan fingerprint density at radius 1 is 0.895 bits per heavy atom. The van der Waals surface area contributed by atoms with Crippen molar-refractivity contribution in [3.8, 4) is 0 Å². The van der Waals surface area contributed by atoms with Crippen molar-refractivity contribution >= 4 is 5.91 Å². The molecule has 0 unspecified atom stereocenters. The number of hydrogen-bond acceptors (Lipinski definition) is 1. The molecule has 2 heteroatoms. The van der Waals surface area contributed by atoms with E-state index in [1.54, 1.807) is 0 Å². The van der Waals surface area contributed by atoms with E-state index in [4.69, 9.17) is 0 Å². The van der Waals surface area contributed by atoms with Crippen molar-refractivity contribution in [2.75, 3.05) is 0 Å². The number of carbonyl (C=O) groups is 1. The highest BCUT2D eigenvalue weighted by molar-refractivity contribution is 5.82. The van der Waals surface area contributed by atoms with E-state index < -0.39 is 0 Å². The number of nitrogens with one attached hydrogen (secondary N) is 1. The topological polar surface area (TPSA) is 29.1 Å². The molecule has 1 amide bonds. The van der Waals surface area contributed by atoms with Gasteiger partial charge in [0, 0.05) is 11.0 Å². The Kier molecular flexibility index (Phi) is 5.30. The van der Waals surface area contributed by atoms with Crippen LogP contribution in [0.4, 0.5) is 0 Å². The lowest BCUT2D eigenvalue weighted by molar-refractivity contribution is -0.133. The van der Waals surface area contributed by atoms with Crippen LogP contribution < -0.4 is 5.32 Å². The molecule has 0 aromatic carbocycles. The molecule has 0 spiro atoms. The van der Waals surface area contributed by atoms with Crippen LogP contribution in [-0.2, 0) is 4.79 Å². The van der Waals surface area contributed by atoms with Gasteiger partial charge in [-0.2, -0.15) is 0 Å². The summed E-state index contributed by atoms with van der Waals surface area (Å²) < 4.78 is 0. The zero-order valence-electron chi connectivity index (χ0n) is 14.8. The van der Waals surface area contributed by atoms with Crippen LogP contribution >= 0.6 is 0 Å². The highest BCUT2D eigenvalue weighted by atomic mass is 16.2. The van der Waals surface area contributed by atoms with Crippen molar-refractivity contribution in [2.24, 2.45) is 16.2 Å². The number of hydrogen-bond donors (Lipinski definition) is 1. The predicted octanol–water partition coefficient (Wildman–Crippen LogP) is 4.78. The van der Waals surface area contributed by atoms with Gasteiger partial charge in [0.15, 0.2) is 0 Å². The lowest BCUT2D eigenvalue weighted by atomic mass is 9.62. The molecule has 0 atom stereocenters. The molecule has 2 nitrogen and oxygen atoms in total. The first-order chi connectivity index (χ1) is 8.15. The minimum Gasteiger partial charge on any atom is -0.351 e. The summed E-state index contributed by atoms with van der Waals surface area (Å²) in [4.78, 5) is 12.5. The van der Waals surface area contributed by atoms with E-state index in [1.807, 2.05) is 0 Å². The summed E-state index contributed by atoms with van der Waals surface area (Å²) in [5.41, 5.74) is -0.168. The van der Waals surface area contributed by atoms with Crippen LogP contribution in [0.25, 0.3) is 0 Å². The van der Waals surface area contributed by atoms with Crippen LogP contribution in [0.3, 0.4) is 0 Å². The van der Waals surface area contributed by atoms with Gasteiger partial charge < -0.3 is 5.32 Å². The monoisotopic (exact) mass is 269 g/mol. The maximum Gasteiger partial charge on any atom is 0.226 e. The van der Waals surface area contributed by atoms with E-state index in [-0.39, 0.29) is 27.7 Å². The third kappa shape index (κ3) is 5.16. The minimum absolute atomic E-state index is 0.115. The summed E-state index contributed by atoms with van der Waals surface area (Å²) in [5, 5.41) is 3.18. The first-order valence-corrected chi connectivity index (χ1v) is 7.47. The quantitative estimate of drug-likeness (QED) is 0.764. The second-order valence-electron chi connectivity index (χ2n) is 8.89. The first-order valence-electron chi connectivity index (χ1n) is 7.47. The van der Waals surface area contributed by atoms with Crippen LogP contribution in [0.5, 0.6) is 0 Å². The fourth-order valence-corrected chi connectivity index (χ4v) is 2.02. The van der Waals surface area contributed by atoms with E-state index in [1.165, 1.54) is 0 Å². The number of rotatable bonds is 5. The van der Waals surface area contributed by atoms with Gasteiger partial charge in [-0.3, -0.25) is 4.79 Å². The van der Waals surface area contributed by atoms with E-state index in [0.29, 0.717) is 0 Å². The van der Waals surface area contributed by atoms with Crippen molar-refractivity contribution in [1.82, 2.24) is 5.32 Å². The van der Waals surface area contributed by atoms with Crippen LogP contribution in [0.1, 0.15) is 82.1 Å². The molecule has 1 N–H and O–H groups in total. The summed E-state index contributed by atoms with van der Waals surface area (Å²) >= 11 is 0. The summed E-state index contributed by atoms with van der Waals surface area (Å²) in [6.07, 6.45) is 1.83. The zero-order valence-corrected chi connectivity index (χ0v) is 14.8. The number of amides is 1. The largest absolute Gasteiger partial charge is 0.351 e. The minimum atomic E-state index is -0.344. The molecular weight excluding hydrogens is 234 g/mol. The lowest BCUT2D eigenvalue weighted by Gasteiger charge is -2.44. The van der Waals surface area contributed by atoms with Gasteiger partial charge >= 0.3 is 0 Å². The highest BCUT2D eigenvalue weighted by Gasteiger charge is 2.41. The Labute approximate surface area is 120 Å². The fraction of sp³-hybridized carbons (Fsp3) is 0.941. The van der Waals surface area contributed by atoms with Crippen LogP contribution in [0, 0.1) is 16.2 Å². The summed E-state index contributed by atoms with van der Waals surface area (Å²) in [6, 6.07) is 0. The van der Waals surface area contributed by atoms with Crippen LogP contribution in [0.15, 0.2) is 0 Å². The van der Waals surface area contributed by atoms with Gasteiger partial charge in [-0.25, -0.2) is 0 Å². The molecule has 19 heavy (non-hydrogen) atoms. The molecular formula is C17H35NO. The van der Waals surface area contributed by atoms with Gasteiger partial charge in [0.05, 0.1) is 0 Å². The van der Waals surface area contributed by atoms with Gasteiger partial charge in [0.25, 0.3) is 0 Å². The van der Waals surface area contributed by atoms with E-state index in [0.717, 1.165) is 12.8 Å². The molecule has 0 fully saturated rings. The summed E-state index contributed by atoms with van der Waals surface area (Å²) in [6.45, 7) is 21.6. The summed E-state index contributed by atoms with van der Waals surface area (Å²) in [5.74, 6) is 0.164. The third-order valence-corrected chi connectivity index (χ3v) is 4.86. The average Bonchev–Trinajstić information content (AvgIpc) is 2.13. The Balaban J connectivity index is 4.95. The van der Waals surface area contributed by atoms with Crippen molar-refractivity contribution < 1.29 is 4.79 Å². The zero-order chi connectivity index (χ0) is 15.7. The van der Waals surface area contributed by atoms with Gasteiger partial charge in [-0.15, -0.1) is 0 Å². The molecule has 0 aliphatic heterocycles. The molecule has 0 heterocycles. The maximum atomic E-state index is 12.5. The molecule has 0 aromatic heterocycles. The average molecular weight is 269 g/mol. The molecule has 0 aromatic rings. The predicted molar refractivity (Wildman–Crippen MR) is 84.1 cm³/mol. The van der Waals surface area contributed by atoms with E-state index >= 15 is 0 Å². The van der Waals surface area contributed by atoms with Crippen LogP contribution in [-0.4, -0.2) is 11.4 Å². The van der Waals surface area contributed by atoms with Crippen LogP contribution in [0.2, 0.25) is 0 Å². The van der Waals surface area contributed by atoms with Crippen molar-refractivity contribution in [3.63, 3.8) is 0 Å². The molecule has 114 valence electrons. The number of carbonyl (C=O) groups excluding carboxylic acids is 1. The molecule has 0 rings (SSSR count). The maximum absolute atomic E-state index is 12.5. The van der Waals surface area contributed by atoms with Gasteiger partial charge in [-0.05, 0) is 37.5 Å². The Hall–Kier alpha value is -0.530. The van der Waals surface area contributed by atoms with Gasteiger partial charge in [0.2, 0.25) is 5.91 Å². The Morgan fingerprint density at radius 2 is 1.32 bits per heavy atom. The van der Waals surface area contributed by atoms with E-state index in [2.05, 4.69) is 74.6 Å². The van der Waals surface area contributed by atoms with Crippen molar-refractivity contribution in [1.29, 1.82) is 0 Å². The smallest absolute Gasteiger partial charge is 0.226 e. The molecule has 0 saturated carbocycles. The summed E-state index contributed by atoms with van der Waals surface area (Å²) in [7, 11) is 0. The third-order valence-electron chi connectivity index (χ3n) is 4.86. The van der Waals surface area contributed by atoms with Crippen molar-refractivity contribution in [3.05, 3.63) is 0 Å². The SMILES string of the molecule is CCC(C)(C)NC(=O)C(C)(C)CC(C)(C)C(C)(C)C. The molecule has 0 aliphatic rings. The van der Waals surface area contributed by atoms with Gasteiger partial charge in [0.1, 0.15) is 0 Å². The van der Waals surface area contributed by atoms with Gasteiger partial charge in [-0.1, -0.05) is 55.4 Å². The molecule has 0 saturated heterocycles. The molecule has 0 bridgehead atoms. The lowest BCUT2D eigenvalue weighted by Crippen LogP contribution is -2.50. The standard InChI is InChI=1S/C17H35NO/c1-11-17(9,10)18-13(19)15(5,6)12-16(7,8)14(2,3)4/h11-12H2,1-10H3,(H,18,19). The second kappa shape index (κ2) is 5.46. The highest BCUT2D eigenvalue weighted by Crippen LogP contribution is 2.46. The Bertz CT molecular complexity index is 319. The fourth-order valence-electron chi connectivity index (χ4n) is 2.02. The first kappa shape index (κ1) is 18.5. The molecule has 0 aliphatic carbocycles. The van der Waals surface area contributed by atoms with E-state index in [9.17, 15) is 4.79 Å². The second-order valence-corrected chi connectivity index (χ2v) is 8.89. The normalized spacial score (nSPS) is 14.4.